The first-order chi connectivity index (χ1) is 16.9. The Morgan fingerprint density at radius 2 is 1.24 bits per heavy atom. The molecule has 0 spiro atoms. The number of carbonyl (C=O) groups excluding carboxylic acids is 2. The van der Waals surface area contributed by atoms with Crippen LogP contribution in [0.15, 0.2) is 60.7 Å². The normalized spacial score (nSPS) is 23.9. The summed E-state index contributed by atoms with van der Waals surface area (Å²) in [5, 5.41) is 19.8. The van der Waals surface area contributed by atoms with Crippen LogP contribution in [0, 0.1) is 11.8 Å². The number of likely N-dealkylation sites (tertiary alicyclic amines) is 2. The molecule has 2 heterocycles. The topological polar surface area (TPSA) is 183 Å². The number of aliphatic hydroxyl groups is 2. The second-order valence-electron chi connectivity index (χ2n) is 9.29. The largest absolute Gasteiger partial charge is 0.469 e. The number of primary amides is 1. The summed E-state index contributed by atoms with van der Waals surface area (Å²) in [4.78, 5) is 26.8. The molecule has 10 heteroatoms. The minimum atomic E-state index is -0.634. The van der Waals surface area contributed by atoms with E-state index < -0.39 is 18.1 Å². The van der Waals surface area contributed by atoms with Crippen molar-refractivity contribution in [3.05, 3.63) is 71.8 Å². The lowest BCUT2D eigenvalue weighted by Gasteiger charge is -2.34. The number of methoxy groups -OCH3 is 1. The van der Waals surface area contributed by atoms with Gasteiger partial charge in [-0.3, -0.25) is 19.4 Å². The third-order valence-electron chi connectivity index (χ3n) is 6.70. The lowest BCUT2D eigenvalue weighted by molar-refractivity contribution is -0.152. The van der Waals surface area contributed by atoms with Gasteiger partial charge in [0.2, 0.25) is 5.91 Å². The fraction of sp³-hybridized carbons (Fsp3) is 0.481. The van der Waals surface area contributed by atoms with Crippen LogP contribution in [0.5, 0.6) is 0 Å². The molecule has 0 saturated carbocycles. The molecule has 4 atom stereocenters. The molecule has 0 aromatic heterocycles. The van der Waals surface area contributed by atoms with Gasteiger partial charge in [-0.1, -0.05) is 60.7 Å². The van der Waals surface area contributed by atoms with Gasteiger partial charge in [0.15, 0.2) is 0 Å². The van der Waals surface area contributed by atoms with Gasteiger partial charge < -0.3 is 32.3 Å². The molecule has 2 aromatic carbocycles. The van der Waals surface area contributed by atoms with Crippen molar-refractivity contribution >= 4 is 11.9 Å². The Hall–Kier alpha value is -2.86. The standard InChI is InChI=1S/C14H19NO3.C13H18N2O2.H3N.H2O/c1-18-14(17)12-7-8-15(10-13(12)16)9-11-5-3-2-4-6-11;14-13(17)11-6-7-15(9-12(11)16)8-10-4-2-1-3-5-10;;/h2-6,12-13,16H,7-10H2,1H3;1-5,11-12,16H,6-9H2,(H2,14,17);1H3;1H2. The lowest BCUT2D eigenvalue weighted by atomic mass is 9.93. The first kappa shape index (κ1) is 32.2. The van der Waals surface area contributed by atoms with Crippen molar-refractivity contribution in [2.75, 3.05) is 33.3 Å². The van der Waals surface area contributed by atoms with Crippen molar-refractivity contribution in [1.82, 2.24) is 16.0 Å². The van der Waals surface area contributed by atoms with Gasteiger partial charge in [0, 0.05) is 26.2 Å². The molecule has 1 amide bonds. The predicted molar refractivity (Wildman–Crippen MR) is 142 cm³/mol. The van der Waals surface area contributed by atoms with Crippen LogP contribution in [0.25, 0.3) is 0 Å². The number of ether oxygens (including phenoxy) is 1. The van der Waals surface area contributed by atoms with Crippen molar-refractivity contribution in [3.8, 4) is 0 Å². The molecular formula is C27H42N4O6. The van der Waals surface area contributed by atoms with Crippen LogP contribution in [0.4, 0.5) is 0 Å². The number of nitrogens with zero attached hydrogens (tertiary/aromatic N) is 2. The first-order valence-electron chi connectivity index (χ1n) is 12.1. The molecule has 2 saturated heterocycles. The number of nitrogens with two attached hydrogens (primary N) is 1. The summed E-state index contributed by atoms with van der Waals surface area (Å²) < 4.78 is 4.70. The number of aliphatic hydroxyl groups excluding tert-OH is 2. The van der Waals surface area contributed by atoms with E-state index in [9.17, 15) is 19.8 Å². The second-order valence-corrected chi connectivity index (χ2v) is 9.29. The molecule has 4 rings (SSSR count). The van der Waals surface area contributed by atoms with Gasteiger partial charge in [0.25, 0.3) is 0 Å². The number of benzene rings is 2. The number of hydrogen-bond donors (Lipinski definition) is 4. The molecule has 9 N–H and O–H groups in total. The van der Waals surface area contributed by atoms with Crippen molar-refractivity contribution in [2.45, 2.75) is 38.1 Å². The summed E-state index contributed by atoms with van der Waals surface area (Å²) in [6.07, 6.45) is 0.0316. The number of esters is 1. The Morgan fingerprint density at radius 1 is 0.838 bits per heavy atom. The van der Waals surface area contributed by atoms with E-state index in [4.69, 9.17) is 10.5 Å². The van der Waals surface area contributed by atoms with Crippen LogP contribution in [0.1, 0.15) is 24.0 Å². The Bertz CT molecular complexity index is 933. The molecular weight excluding hydrogens is 476 g/mol. The van der Waals surface area contributed by atoms with Gasteiger partial charge in [-0.05, 0) is 37.1 Å². The van der Waals surface area contributed by atoms with Crippen molar-refractivity contribution in [1.29, 1.82) is 0 Å². The fourth-order valence-corrected chi connectivity index (χ4v) is 4.72. The SMILES string of the molecule is COC(=O)C1CCN(Cc2ccccc2)CC1O.N.NC(=O)C1CCN(Cc2ccccc2)CC1O.O. The molecule has 206 valence electrons. The number of amides is 1. The number of hydrogen-bond acceptors (Lipinski definition) is 8. The highest BCUT2D eigenvalue weighted by Crippen LogP contribution is 2.21. The first-order valence-corrected chi connectivity index (χ1v) is 12.1. The van der Waals surface area contributed by atoms with Crippen LogP contribution in [0.3, 0.4) is 0 Å². The van der Waals surface area contributed by atoms with Crippen LogP contribution in [-0.4, -0.2) is 82.9 Å². The zero-order valence-electron chi connectivity index (χ0n) is 21.5. The number of β-amino-alcohol motifs (C(OH)–C–C–N with tert-alkyl or cyclic N) is 2. The molecule has 4 unspecified atom stereocenters. The minimum Gasteiger partial charge on any atom is -0.469 e. The lowest BCUT2D eigenvalue weighted by Crippen LogP contribution is -2.47. The summed E-state index contributed by atoms with van der Waals surface area (Å²) in [5.41, 5.74) is 7.68. The Labute approximate surface area is 218 Å². The zero-order valence-corrected chi connectivity index (χ0v) is 21.5. The molecule has 2 aliphatic heterocycles. The van der Waals surface area contributed by atoms with Gasteiger partial charge in [0.05, 0.1) is 31.2 Å². The van der Waals surface area contributed by atoms with Crippen LogP contribution < -0.4 is 11.9 Å². The van der Waals surface area contributed by atoms with E-state index in [0.29, 0.717) is 25.9 Å². The Balaban J connectivity index is 0.000000351. The third-order valence-corrected chi connectivity index (χ3v) is 6.70. The third kappa shape index (κ3) is 9.84. The van der Waals surface area contributed by atoms with Crippen molar-refractivity contribution < 1.29 is 30.0 Å². The fourth-order valence-electron chi connectivity index (χ4n) is 4.72. The van der Waals surface area contributed by atoms with Crippen LogP contribution in [-0.2, 0) is 27.4 Å². The minimum absolute atomic E-state index is 0. The second kappa shape index (κ2) is 16.1. The Morgan fingerprint density at radius 3 is 1.59 bits per heavy atom. The average Bonchev–Trinajstić information content (AvgIpc) is 2.85. The summed E-state index contributed by atoms with van der Waals surface area (Å²) in [5.74, 6) is -1.46. The van der Waals surface area contributed by atoms with Gasteiger partial charge >= 0.3 is 5.97 Å². The molecule has 0 bridgehead atoms. The van der Waals surface area contributed by atoms with Crippen molar-refractivity contribution in [2.24, 2.45) is 17.6 Å². The molecule has 0 radical (unpaired) electrons. The maximum absolute atomic E-state index is 11.4. The van der Waals surface area contributed by atoms with Gasteiger partial charge in [-0.2, -0.15) is 0 Å². The van der Waals surface area contributed by atoms with E-state index in [1.807, 2.05) is 36.4 Å². The van der Waals surface area contributed by atoms with E-state index >= 15 is 0 Å². The van der Waals surface area contributed by atoms with Gasteiger partial charge in [-0.25, -0.2) is 0 Å². The van der Waals surface area contributed by atoms with E-state index in [-0.39, 0.29) is 29.4 Å². The Kier molecular flexibility index (Phi) is 14.0. The van der Waals surface area contributed by atoms with E-state index in [1.54, 1.807) is 0 Å². The molecule has 10 nitrogen and oxygen atoms in total. The zero-order chi connectivity index (χ0) is 25.2. The molecule has 37 heavy (non-hydrogen) atoms. The molecule has 0 aliphatic carbocycles. The predicted octanol–water partition coefficient (Wildman–Crippen LogP) is 0.734. The van der Waals surface area contributed by atoms with Gasteiger partial charge in [0.1, 0.15) is 0 Å². The molecule has 2 aliphatic rings. The van der Waals surface area contributed by atoms with Gasteiger partial charge in [-0.15, -0.1) is 0 Å². The van der Waals surface area contributed by atoms with E-state index in [0.717, 1.165) is 26.2 Å². The highest BCUT2D eigenvalue weighted by atomic mass is 16.5. The highest BCUT2D eigenvalue weighted by molar-refractivity contribution is 5.77. The monoisotopic (exact) mass is 518 g/mol. The molecule has 2 aromatic rings. The molecule has 2 fully saturated rings. The number of rotatable bonds is 6. The van der Waals surface area contributed by atoms with Crippen molar-refractivity contribution in [3.63, 3.8) is 0 Å². The summed E-state index contributed by atoms with van der Waals surface area (Å²) in [6.45, 7) is 4.28. The van der Waals surface area contributed by atoms with E-state index in [2.05, 4.69) is 34.1 Å². The summed E-state index contributed by atoms with van der Waals surface area (Å²) in [7, 11) is 1.37. The quantitative estimate of drug-likeness (QED) is 0.403. The summed E-state index contributed by atoms with van der Waals surface area (Å²) >= 11 is 0. The maximum atomic E-state index is 11.4. The summed E-state index contributed by atoms with van der Waals surface area (Å²) in [6, 6.07) is 20.2. The van der Waals surface area contributed by atoms with E-state index in [1.165, 1.54) is 18.2 Å². The smallest absolute Gasteiger partial charge is 0.311 e. The highest BCUT2D eigenvalue weighted by Gasteiger charge is 2.33. The van der Waals surface area contributed by atoms with Crippen LogP contribution >= 0.6 is 0 Å². The number of piperidine rings is 2. The maximum Gasteiger partial charge on any atom is 0.311 e. The van der Waals surface area contributed by atoms with Crippen LogP contribution in [0.2, 0.25) is 0 Å². The number of carbonyl (C=O) groups is 2. The average molecular weight is 519 g/mol.